The highest BCUT2D eigenvalue weighted by atomic mass is 16.5. The molecule has 0 aliphatic rings. The Balaban J connectivity index is 2.19. The van der Waals surface area contributed by atoms with Crippen LogP contribution in [-0.4, -0.2) is 25.0 Å². The highest BCUT2D eigenvalue weighted by molar-refractivity contribution is 5.95. The maximum atomic E-state index is 12.6. The minimum absolute atomic E-state index is 0.0263. The lowest BCUT2D eigenvalue weighted by Crippen LogP contribution is -2.27. The first-order valence-corrected chi connectivity index (χ1v) is 6.97. The number of para-hydroxylation sites is 1. The van der Waals surface area contributed by atoms with Crippen LogP contribution in [0.1, 0.15) is 27.0 Å². The van der Waals surface area contributed by atoms with Crippen LogP contribution in [0.4, 0.5) is 0 Å². The second-order valence-corrected chi connectivity index (χ2v) is 5.29. The van der Waals surface area contributed by atoms with Crippen LogP contribution >= 0.6 is 0 Å². The lowest BCUT2D eigenvalue weighted by molar-refractivity contribution is 0.0783. The number of hydrogen-bond donors (Lipinski definition) is 0. The van der Waals surface area contributed by atoms with Crippen molar-refractivity contribution in [3.63, 3.8) is 0 Å². The Kier molecular flexibility index (Phi) is 4.63. The average molecular weight is 283 g/mol. The van der Waals surface area contributed by atoms with E-state index in [4.69, 9.17) is 4.74 Å². The van der Waals surface area contributed by atoms with E-state index in [1.807, 2.05) is 63.4 Å². The summed E-state index contributed by atoms with van der Waals surface area (Å²) in [5.74, 6) is 0.830. The number of ether oxygens (including phenoxy) is 1. The second-order valence-electron chi connectivity index (χ2n) is 5.29. The zero-order chi connectivity index (χ0) is 15.4. The number of benzene rings is 2. The van der Waals surface area contributed by atoms with Crippen molar-refractivity contribution in [1.82, 2.24) is 4.90 Å². The molecule has 0 fully saturated rings. The van der Waals surface area contributed by atoms with Gasteiger partial charge in [0.05, 0.1) is 7.11 Å². The molecule has 3 nitrogen and oxygen atoms in total. The zero-order valence-electron chi connectivity index (χ0n) is 13.0. The summed E-state index contributed by atoms with van der Waals surface area (Å²) >= 11 is 0. The van der Waals surface area contributed by atoms with Crippen molar-refractivity contribution in [3.8, 4) is 5.75 Å². The molecule has 0 bridgehead atoms. The van der Waals surface area contributed by atoms with E-state index in [0.29, 0.717) is 6.54 Å². The summed E-state index contributed by atoms with van der Waals surface area (Å²) in [5.41, 5.74) is 3.92. The van der Waals surface area contributed by atoms with Gasteiger partial charge < -0.3 is 9.64 Å². The molecule has 21 heavy (non-hydrogen) atoms. The van der Waals surface area contributed by atoms with Gasteiger partial charge in [0, 0.05) is 24.7 Å². The van der Waals surface area contributed by atoms with Gasteiger partial charge in [-0.3, -0.25) is 4.79 Å². The van der Waals surface area contributed by atoms with Crippen molar-refractivity contribution < 1.29 is 9.53 Å². The molecule has 110 valence electrons. The summed E-state index contributed by atoms with van der Waals surface area (Å²) in [5, 5.41) is 0. The number of carbonyl (C=O) groups is 1. The normalized spacial score (nSPS) is 10.3. The Hall–Kier alpha value is -2.29. The molecule has 0 saturated heterocycles. The molecule has 0 unspecified atom stereocenters. The first kappa shape index (κ1) is 15.1. The van der Waals surface area contributed by atoms with Crippen molar-refractivity contribution in [3.05, 3.63) is 64.7 Å². The van der Waals surface area contributed by atoms with Gasteiger partial charge in [-0.25, -0.2) is 0 Å². The number of carbonyl (C=O) groups excluding carboxylic acids is 1. The van der Waals surface area contributed by atoms with Crippen LogP contribution in [0.5, 0.6) is 5.75 Å². The molecule has 0 heterocycles. The lowest BCUT2D eigenvalue weighted by atomic mass is 10.0. The van der Waals surface area contributed by atoms with E-state index in [9.17, 15) is 4.79 Å². The maximum Gasteiger partial charge on any atom is 0.254 e. The Morgan fingerprint density at radius 2 is 1.86 bits per heavy atom. The largest absolute Gasteiger partial charge is 0.496 e. The highest BCUT2D eigenvalue weighted by Gasteiger charge is 2.15. The quantitative estimate of drug-likeness (QED) is 0.858. The van der Waals surface area contributed by atoms with Gasteiger partial charge >= 0.3 is 0 Å². The summed E-state index contributed by atoms with van der Waals surface area (Å²) in [6, 6.07) is 13.7. The van der Waals surface area contributed by atoms with E-state index >= 15 is 0 Å². The molecule has 0 radical (unpaired) electrons. The predicted octanol–water partition coefficient (Wildman–Crippen LogP) is 3.58. The van der Waals surface area contributed by atoms with Crippen LogP contribution in [0.2, 0.25) is 0 Å². The number of hydrogen-bond acceptors (Lipinski definition) is 2. The highest BCUT2D eigenvalue weighted by Crippen LogP contribution is 2.20. The fraction of sp³-hybridized carbons (Fsp3) is 0.278. The molecular formula is C18H21NO2. The first-order valence-electron chi connectivity index (χ1n) is 6.97. The molecular weight excluding hydrogens is 262 g/mol. The van der Waals surface area contributed by atoms with Crippen molar-refractivity contribution in [1.29, 1.82) is 0 Å². The lowest BCUT2D eigenvalue weighted by Gasteiger charge is -2.20. The Labute approximate surface area is 126 Å². The van der Waals surface area contributed by atoms with Gasteiger partial charge in [0.15, 0.2) is 0 Å². The van der Waals surface area contributed by atoms with Crippen molar-refractivity contribution in [2.45, 2.75) is 20.4 Å². The van der Waals surface area contributed by atoms with Crippen LogP contribution < -0.4 is 4.74 Å². The number of aryl methyl sites for hydroxylation is 2. The van der Waals surface area contributed by atoms with E-state index in [-0.39, 0.29) is 5.91 Å². The van der Waals surface area contributed by atoms with E-state index < -0.39 is 0 Å². The fourth-order valence-electron chi connectivity index (χ4n) is 2.42. The molecule has 0 aliphatic heterocycles. The molecule has 0 aromatic heterocycles. The average Bonchev–Trinajstić information content (AvgIpc) is 2.47. The minimum atomic E-state index is 0.0263. The Morgan fingerprint density at radius 1 is 1.14 bits per heavy atom. The number of nitrogens with zero attached hydrogens (tertiary/aromatic N) is 1. The maximum absolute atomic E-state index is 12.6. The number of amides is 1. The summed E-state index contributed by atoms with van der Waals surface area (Å²) < 4.78 is 5.33. The van der Waals surface area contributed by atoms with Gasteiger partial charge in [-0.05, 0) is 31.5 Å². The van der Waals surface area contributed by atoms with Gasteiger partial charge in [0.2, 0.25) is 0 Å². The molecule has 0 spiro atoms. The summed E-state index contributed by atoms with van der Waals surface area (Å²) in [4.78, 5) is 14.3. The molecule has 2 aromatic rings. The fourth-order valence-corrected chi connectivity index (χ4v) is 2.42. The monoisotopic (exact) mass is 283 g/mol. The number of methoxy groups -OCH3 is 1. The third-order valence-electron chi connectivity index (χ3n) is 3.56. The summed E-state index contributed by atoms with van der Waals surface area (Å²) in [6.45, 7) is 4.52. The predicted molar refractivity (Wildman–Crippen MR) is 84.7 cm³/mol. The van der Waals surface area contributed by atoms with Gasteiger partial charge in [-0.2, -0.15) is 0 Å². The number of rotatable bonds is 4. The zero-order valence-corrected chi connectivity index (χ0v) is 13.0. The molecule has 0 N–H and O–H groups in total. The summed E-state index contributed by atoms with van der Waals surface area (Å²) in [6.07, 6.45) is 0. The SMILES string of the molecule is COc1ccccc1CN(C)C(=O)c1ccc(C)cc1C. The van der Waals surface area contributed by atoms with Gasteiger partial charge in [0.1, 0.15) is 5.75 Å². The van der Waals surface area contributed by atoms with Gasteiger partial charge in [-0.15, -0.1) is 0 Å². The molecule has 0 aliphatic carbocycles. The summed E-state index contributed by atoms with van der Waals surface area (Å²) in [7, 11) is 3.46. The van der Waals surface area contributed by atoms with Crippen molar-refractivity contribution >= 4 is 5.91 Å². The van der Waals surface area contributed by atoms with Crippen LogP contribution in [0.25, 0.3) is 0 Å². The second kappa shape index (κ2) is 6.44. The van der Waals surface area contributed by atoms with Gasteiger partial charge in [0.25, 0.3) is 5.91 Å². The Bertz CT molecular complexity index is 649. The van der Waals surface area contributed by atoms with Crippen LogP contribution in [0.3, 0.4) is 0 Å². The van der Waals surface area contributed by atoms with Crippen molar-refractivity contribution in [2.75, 3.05) is 14.2 Å². The van der Waals surface area contributed by atoms with E-state index in [1.165, 1.54) is 0 Å². The van der Waals surface area contributed by atoms with E-state index in [2.05, 4.69) is 0 Å². The van der Waals surface area contributed by atoms with Gasteiger partial charge in [-0.1, -0.05) is 35.9 Å². The first-order chi connectivity index (χ1) is 10.0. The Morgan fingerprint density at radius 3 is 2.52 bits per heavy atom. The molecule has 2 rings (SSSR count). The van der Waals surface area contributed by atoms with Crippen LogP contribution in [0, 0.1) is 13.8 Å². The topological polar surface area (TPSA) is 29.5 Å². The van der Waals surface area contributed by atoms with Crippen molar-refractivity contribution in [2.24, 2.45) is 0 Å². The molecule has 3 heteroatoms. The van der Waals surface area contributed by atoms with E-state index in [1.54, 1.807) is 12.0 Å². The molecule has 2 aromatic carbocycles. The smallest absolute Gasteiger partial charge is 0.254 e. The third-order valence-corrected chi connectivity index (χ3v) is 3.56. The van der Waals surface area contributed by atoms with Crippen LogP contribution in [0.15, 0.2) is 42.5 Å². The molecule has 0 saturated carbocycles. The van der Waals surface area contributed by atoms with Crippen LogP contribution in [-0.2, 0) is 6.54 Å². The standard InChI is InChI=1S/C18H21NO2/c1-13-9-10-16(14(2)11-13)18(20)19(3)12-15-7-5-6-8-17(15)21-4/h5-11H,12H2,1-4H3. The van der Waals surface area contributed by atoms with E-state index in [0.717, 1.165) is 28.0 Å². The minimum Gasteiger partial charge on any atom is -0.496 e. The third kappa shape index (κ3) is 3.43. The molecule has 0 atom stereocenters. The molecule has 1 amide bonds.